The number of aryl methyl sites for hydroxylation is 1. The van der Waals surface area contributed by atoms with Crippen molar-refractivity contribution in [2.45, 2.75) is 60.1 Å². The van der Waals surface area contributed by atoms with Crippen molar-refractivity contribution in [3.8, 4) is 5.75 Å². The van der Waals surface area contributed by atoms with E-state index in [2.05, 4.69) is 37.6 Å². The summed E-state index contributed by atoms with van der Waals surface area (Å²) in [4.78, 5) is 53.2. The number of hydrogen-bond donors (Lipinski definition) is 4. The number of ether oxygens (including phenoxy) is 1. The van der Waals surface area contributed by atoms with Gasteiger partial charge in [0.1, 0.15) is 18.5 Å². The van der Waals surface area contributed by atoms with Gasteiger partial charge in [0.25, 0.3) is 5.91 Å². The number of nitrogens with zero attached hydrogens (tertiary/aromatic N) is 6. The first-order valence-electron chi connectivity index (χ1n) is 16.9. The Balaban J connectivity index is 0.000000632. The lowest BCUT2D eigenvalue weighted by molar-refractivity contribution is -0.137. The molecule has 18 heteroatoms. The molecule has 53 heavy (non-hydrogen) atoms. The van der Waals surface area contributed by atoms with E-state index < -0.39 is 23.6 Å². The number of anilines is 1. The largest absolute Gasteiger partial charge is 0.504 e. The summed E-state index contributed by atoms with van der Waals surface area (Å²) >= 11 is 5.95. The van der Waals surface area contributed by atoms with Gasteiger partial charge in [0.15, 0.2) is 17.7 Å². The number of nitrogens with two attached hydrogens (primary N) is 1. The van der Waals surface area contributed by atoms with Crippen LogP contribution >= 0.6 is 11.6 Å². The minimum Gasteiger partial charge on any atom is -0.504 e. The highest BCUT2D eigenvalue weighted by atomic mass is 35.5. The number of aliphatic imine (C=N–C) groups is 2. The van der Waals surface area contributed by atoms with Crippen LogP contribution in [0.25, 0.3) is 0 Å². The maximum absolute atomic E-state index is 12.9. The highest BCUT2D eigenvalue weighted by Crippen LogP contribution is 2.33. The summed E-state index contributed by atoms with van der Waals surface area (Å²) in [6, 6.07) is 2.73. The Morgan fingerprint density at radius 1 is 1.26 bits per heavy atom. The second-order valence-corrected chi connectivity index (χ2v) is 12.1. The standard InChI is InChI=1S/C27H34ClF3N6O3.C6H7N3O2.C2H6/c1-4-22(24(16-38)37-10-7-18(2)14-37)32-17-33-26(19-8-11-40-12-9-19)35-36(3)15-25(39)34-23-6-5-20(13-21(23)28)27(29,30)31;1-3-5(10)4(6(7)11)9-2-8-3;1-2/h5-6,8,13,16-18H,4,7,9-12,14-15H2,1-3H3,(H,34,39)(H,32,33,35);2,10H,1H3,(H2,7,11);1-2H3/b24-22+;;/t18-;;/m0../s1. The third kappa shape index (κ3) is 13.9. The van der Waals surface area contributed by atoms with Gasteiger partial charge in [-0.2, -0.15) is 13.2 Å². The first kappa shape index (κ1) is 44.3. The number of aromatic nitrogens is 2. The Morgan fingerprint density at radius 2 is 1.98 bits per heavy atom. The zero-order valence-corrected chi connectivity index (χ0v) is 31.4. The number of rotatable bonds is 11. The SMILES string of the molecule is CC.CC/C(N=CN=C(NN(C)CC(=O)Nc1ccc(C(F)(F)F)cc1Cl)C1=CCOCC1)=C(/C=O)N1CC[C@H](C)C1.Cc1ncnc(C(N)=O)c1O. The second-order valence-electron chi connectivity index (χ2n) is 11.6. The van der Waals surface area contributed by atoms with Crippen molar-refractivity contribution in [3.05, 3.63) is 69.5 Å². The number of aldehydes is 1. The summed E-state index contributed by atoms with van der Waals surface area (Å²) in [5.41, 5.74) is 9.39. The van der Waals surface area contributed by atoms with Gasteiger partial charge >= 0.3 is 6.18 Å². The van der Waals surface area contributed by atoms with Gasteiger partial charge < -0.3 is 31.2 Å². The summed E-state index contributed by atoms with van der Waals surface area (Å²) < 4.78 is 44.1. The van der Waals surface area contributed by atoms with Crippen LogP contribution in [0.1, 0.15) is 68.7 Å². The number of alkyl halides is 3. The molecule has 0 spiro atoms. The smallest absolute Gasteiger partial charge is 0.416 e. The number of allylic oxidation sites excluding steroid dienone is 2. The van der Waals surface area contributed by atoms with Gasteiger partial charge in [-0.3, -0.25) is 14.4 Å². The van der Waals surface area contributed by atoms with E-state index in [9.17, 15) is 27.6 Å². The number of halogens is 4. The predicted molar refractivity (Wildman–Crippen MR) is 197 cm³/mol. The molecule has 1 saturated heterocycles. The van der Waals surface area contributed by atoms with E-state index >= 15 is 0 Å². The molecule has 2 aliphatic heterocycles. The molecule has 0 saturated carbocycles. The van der Waals surface area contributed by atoms with Crippen molar-refractivity contribution in [1.29, 1.82) is 0 Å². The van der Waals surface area contributed by atoms with Crippen LogP contribution in [0.4, 0.5) is 18.9 Å². The van der Waals surface area contributed by atoms with E-state index in [0.717, 1.165) is 49.6 Å². The molecular formula is C35H47ClF3N9O5. The molecule has 3 heterocycles. The number of hydrogen-bond acceptors (Lipinski definition) is 10. The summed E-state index contributed by atoms with van der Waals surface area (Å²) in [5, 5.41) is 12.9. The van der Waals surface area contributed by atoms with Gasteiger partial charge in [-0.15, -0.1) is 0 Å². The Bertz CT molecular complexity index is 1700. The monoisotopic (exact) mass is 765 g/mol. The molecule has 2 aromatic rings. The highest BCUT2D eigenvalue weighted by molar-refractivity contribution is 6.33. The minimum absolute atomic E-state index is 0.0680. The molecule has 1 aromatic carbocycles. The van der Waals surface area contributed by atoms with Crippen LogP contribution in [0.5, 0.6) is 5.75 Å². The average molecular weight is 766 g/mol. The summed E-state index contributed by atoms with van der Waals surface area (Å²) in [6.45, 7) is 12.0. The Hall–Kier alpha value is -4.87. The molecule has 1 fully saturated rings. The van der Waals surface area contributed by atoms with E-state index in [1.165, 1.54) is 17.7 Å². The first-order chi connectivity index (χ1) is 25.1. The van der Waals surface area contributed by atoms with Gasteiger partial charge in [0, 0.05) is 20.1 Å². The van der Waals surface area contributed by atoms with Crippen LogP contribution in [0.3, 0.4) is 0 Å². The lowest BCUT2D eigenvalue weighted by Crippen LogP contribution is -2.44. The molecule has 14 nitrogen and oxygen atoms in total. The van der Waals surface area contributed by atoms with Crippen molar-refractivity contribution in [2.24, 2.45) is 21.6 Å². The van der Waals surface area contributed by atoms with Crippen molar-refractivity contribution >= 4 is 47.6 Å². The van der Waals surface area contributed by atoms with Gasteiger partial charge in [-0.05, 0) is 55.9 Å². The van der Waals surface area contributed by atoms with Gasteiger partial charge in [0.05, 0.1) is 53.1 Å². The van der Waals surface area contributed by atoms with Crippen molar-refractivity contribution in [2.75, 3.05) is 45.2 Å². The fourth-order valence-electron chi connectivity index (χ4n) is 4.96. The summed E-state index contributed by atoms with van der Waals surface area (Å²) in [5.74, 6) is -0.549. The molecule has 5 N–H and O–H groups in total. The maximum Gasteiger partial charge on any atom is 0.416 e. The maximum atomic E-state index is 12.9. The number of amidine groups is 1. The van der Waals surface area contributed by atoms with Crippen molar-refractivity contribution in [1.82, 2.24) is 25.3 Å². The van der Waals surface area contributed by atoms with E-state index in [1.54, 1.807) is 14.0 Å². The molecule has 1 aromatic heterocycles. The number of likely N-dealkylation sites (N-methyl/N-ethyl adjacent to an activating group) is 1. The lowest BCUT2D eigenvalue weighted by atomic mass is 10.1. The predicted octanol–water partition coefficient (Wildman–Crippen LogP) is 5.29. The third-order valence-electron chi connectivity index (χ3n) is 7.66. The number of carbonyl (C=O) groups is 3. The normalized spacial score (nSPS) is 16.5. The molecule has 1 atom stereocenters. The third-order valence-corrected chi connectivity index (χ3v) is 7.97. The molecule has 4 rings (SSSR count). The molecule has 2 aliphatic rings. The summed E-state index contributed by atoms with van der Waals surface area (Å²) in [7, 11) is 1.62. The Kier molecular flexibility index (Phi) is 18.1. The number of carbonyl (C=O) groups excluding carboxylic acids is 3. The van der Waals surface area contributed by atoms with Gasteiger partial charge in [0.2, 0.25) is 5.91 Å². The fraction of sp³-hybridized carbons (Fsp3) is 0.457. The first-order valence-corrected chi connectivity index (χ1v) is 17.3. The second kappa shape index (κ2) is 21.6. The van der Waals surface area contributed by atoms with Crippen LogP contribution in [-0.2, 0) is 20.5 Å². The van der Waals surface area contributed by atoms with E-state index in [-0.39, 0.29) is 28.7 Å². The zero-order chi connectivity index (χ0) is 39.7. The quantitative estimate of drug-likeness (QED) is 0.0770. The molecule has 2 amide bonds. The number of primary amides is 1. The number of benzene rings is 1. The molecule has 0 bridgehead atoms. The number of amides is 2. The summed E-state index contributed by atoms with van der Waals surface area (Å²) in [6.07, 6.45) is 2.89. The number of hydrazine groups is 1. The Morgan fingerprint density at radius 3 is 2.51 bits per heavy atom. The van der Waals surface area contributed by atoms with Crippen LogP contribution in [0.2, 0.25) is 5.02 Å². The molecule has 0 radical (unpaired) electrons. The number of nitrogens with one attached hydrogen (secondary N) is 2. The van der Waals surface area contributed by atoms with Crippen molar-refractivity contribution < 1.29 is 37.4 Å². The topological polar surface area (TPSA) is 188 Å². The lowest BCUT2D eigenvalue weighted by Gasteiger charge is -2.23. The van der Waals surface area contributed by atoms with Crippen LogP contribution in [0, 0.1) is 12.8 Å². The van der Waals surface area contributed by atoms with Crippen LogP contribution < -0.4 is 16.5 Å². The van der Waals surface area contributed by atoms with Crippen molar-refractivity contribution in [3.63, 3.8) is 0 Å². The highest BCUT2D eigenvalue weighted by Gasteiger charge is 2.31. The molecular weight excluding hydrogens is 719 g/mol. The Labute approximate surface area is 312 Å². The molecule has 0 aliphatic carbocycles. The zero-order valence-electron chi connectivity index (χ0n) is 30.6. The average Bonchev–Trinajstić information content (AvgIpc) is 3.55. The van der Waals surface area contributed by atoms with E-state index in [1.807, 2.05) is 31.7 Å². The van der Waals surface area contributed by atoms with Gasteiger partial charge in [-0.1, -0.05) is 45.4 Å². The van der Waals surface area contributed by atoms with Gasteiger partial charge in [-0.25, -0.2) is 25.0 Å². The number of aromatic hydroxyl groups is 1. The number of likely N-dealkylation sites (tertiary alicyclic amines) is 1. The minimum atomic E-state index is -4.54. The fourth-order valence-corrected chi connectivity index (χ4v) is 5.19. The van der Waals surface area contributed by atoms with Crippen LogP contribution in [0.15, 0.2) is 57.6 Å². The van der Waals surface area contributed by atoms with Crippen LogP contribution in [-0.4, -0.2) is 95.2 Å². The molecule has 0 unspecified atom stereocenters. The van der Waals surface area contributed by atoms with E-state index in [0.29, 0.717) is 54.9 Å². The van der Waals surface area contributed by atoms with E-state index in [4.69, 9.17) is 27.2 Å². The molecule has 290 valence electrons.